The van der Waals surface area contributed by atoms with Gasteiger partial charge >= 0.3 is 0 Å². The number of benzene rings is 1. The summed E-state index contributed by atoms with van der Waals surface area (Å²) in [6.07, 6.45) is 6.49. The monoisotopic (exact) mass is 463 g/mol. The fourth-order valence-corrected chi connectivity index (χ4v) is 5.71. The molecule has 8 heteroatoms. The number of rotatable bonds is 5. The lowest BCUT2D eigenvalue weighted by molar-refractivity contribution is -0.0129. The quantitative estimate of drug-likeness (QED) is 0.621. The summed E-state index contributed by atoms with van der Waals surface area (Å²) < 4.78 is 13.5. The van der Waals surface area contributed by atoms with Gasteiger partial charge in [-0.2, -0.15) is 10.1 Å². The number of aliphatic hydroxyl groups is 1. The first-order valence-corrected chi connectivity index (χ1v) is 12.5. The Labute approximate surface area is 199 Å². The maximum Gasteiger partial charge on any atom is 0.219 e. The number of ether oxygens (including phenoxy) is 2. The van der Waals surface area contributed by atoms with Gasteiger partial charge in [-0.3, -0.25) is 4.90 Å². The van der Waals surface area contributed by atoms with E-state index in [2.05, 4.69) is 39.0 Å². The smallest absolute Gasteiger partial charge is 0.219 e. The Balaban J connectivity index is 1.26. The van der Waals surface area contributed by atoms with Crippen molar-refractivity contribution >= 4 is 10.9 Å². The van der Waals surface area contributed by atoms with E-state index in [0.29, 0.717) is 42.3 Å². The molecule has 0 amide bonds. The molecule has 180 valence electrons. The van der Waals surface area contributed by atoms with Gasteiger partial charge in [-0.1, -0.05) is 0 Å². The molecule has 2 aromatic heterocycles. The molecule has 6 rings (SSSR count). The minimum atomic E-state index is -0.262. The van der Waals surface area contributed by atoms with Crippen molar-refractivity contribution in [3.63, 3.8) is 0 Å². The highest BCUT2D eigenvalue weighted by molar-refractivity contribution is 5.82. The molecule has 0 radical (unpaired) electrons. The van der Waals surface area contributed by atoms with Gasteiger partial charge in [0.2, 0.25) is 5.88 Å². The Morgan fingerprint density at radius 1 is 1.06 bits per heavy atom. The molecule has 3 fully saturated rings. The maximum absolute atomic E-state index is 9.56. The van der Waals surface area contributed by atoms with Gasteiger partial charge in [-0.05, 0) is 75.4 Å². The highest BCUT2D eigenvalue weighted by Crippen LogP contribution is 2.35. The van der Waals surface area contributed by atoms with Gasteiger partial charge in [0.1, 0.15) is 11.9 Å². The third kappa shape index (κ3) is 4.19. The van der Waals surface area contributed by atoms with Gasteiger partial charge in [0, 0.05) is 36.9 Å². The molecule has 8 nitrogen and oxygen atoms in total. The van der Waals surface area contributed by atoms with Crippen LogP contribution in [0.25, 0.3) is 16.7 Å². The number of hydrogen-bond donors (Lipinski definition) is 1. The van der Waals surface area contributed by atoms with Gasteiger partial charge in [-0.25, -0.2) is 9.67 Å². The lowest BCUT2D eigenvalue weighted by Gasteiger charge is -2.36. The number of aliphatic hydroxyl groups excluding tert-OH is 1. The molecule has 3 aromatic rings. The zero-order valence-electron chi connectivity index (χ0n) is 20.0. The molecule has 1 aliphatic carbocycles. The first kappa shape index (κ1) is 21.9. The van der Waals surface area contributed by atoms with E-state index in [1.807, 2.05) is 23.9 Å². The van der Waals surface area contributed by atoms with Crippen LogP contribution in [0.3, 0.4) is 0 Å². The summed E-state index contributed by atoms with van der Waals surface area (Å²) in [5, 5.41) is 15.4. The van der Waals surface area contributed by atoms with Crippen LogP contribution in [0.15, 0.2) is 24.4 Å². The standard InChI is InChI=1S/C26H33N5O3/c1-16-9-19-14-27-31(25-13-26(29-17(2)28-25)34-22-10-21(32)11-22)24(19)12-23(16)18-3-6-30(7-4-18)20-5-8-33-15-20/h9,12-14,18,20-22,32H,3-8,10-11,15H2,1-2H3. The lowest BCUT2D eigenvalue weighted by atomic mass is 9.86. The second-order valence-corrected chi connectivity index (χ2v) is 10.1. The number of fused-ring (bicyclic) bond motifs is 1. The Bertz CT molecular complexity index is 1170. The second-order valence-electron chi connectivity index (χ2n) is 10.1. The van der Waals surface area contributed by atoms with Gasteiger partial charge in [0.25, 0.3) is 0 Å². The van der Waals surface area contributed by atoms with E-state index >= 15 is 0 Å². The fraction of sp³-hybridized carbons (Fsp3) is 0.577. The van der Waals surface area contributed by atoms with Crippen molar-refractivity contribution in [1.29, 1.82) is 0 Å². The summed E-state index contributed by atoms with van der Waals surface area (Å²) in [6.45, 7) is 8.16. The zero-order chi connectivity index (χ0) is 23.2. The van der Waals surface area contributed by atoms with Gasteiger partial charge in [0.15, 0.2) is 5.82 Å². The summed E-state index contributed by atoms with van der Waals surface area (Å²) in [5.41, 5.74) is 3.82. The van der Waals surface area contributed by atoms with E-state index in [9.17, 15) is 5.11 Å². The normalized spacial score (nSPS) is 26.1. The molecule has 1 unspecified atom stereocenters. The average molecular weight is 464 g/mol. The van der Waals surface area contributed by atoms with Gasteiger partial charge < -0.3 is 14.6 Å². The summed E-state index contributed by atoms with van der Waals surface area (Å²) in [5.74, 6) is 2.45. The fourth-order valence-electron chi connectivity index (χ4n) is 5.71. The van der Waals surface area contributed by atoms with Crippen molar-refractivity contribution in [3.05, 3.63) is 41.3 Å². The van der Waals surface area contributed by atoms with Crippen molar-refractivity contribution in [2.45, 2.75) is 70.1 Å². The molecule has 1 atom stereocenters. The van der Waals surface area contributed by atoms with Crippen LogP contribution in [0.4, 0.5) is 0 Å². The molecule has 0 spiro atoms. The molecule has 3 aliphatic rings. The molecule has 4 heterocycles. The minimum Gasteiger partial charge on any atom is -0.474 e. The number of nitrogens with zero attached hydrogens (tertiary/aromatic N) is 5. The van der Waals surface area contributed by atoms with E-state index in [-0.39, 0.29) is 12.2 Å². The number of aromatic nitrogens is 4. The van der Waals surface area contributed by atoms with Crippen molar-refractivity contribution in [1.82, 2.24) is 24.6 Å². The molecular formula is C26H33N5O3. The molecule has 1 saturated carbocycles. The van der Waals surface area contributed by atoms with Crippen LogP contribution in [-0.4, -0.2) is 74.3 Å². The molecule has 1 aromatic carbocycles. The van der Waals surface area contributed by atoms with E-state index in [4.69, 9.17) is 9.47 Å². The van der Waals surface area contributed by atoms with E-state index in [1.54, 1.807) is 0 Å². The van der Waals surface area contributed by atoms with Crippen molar-refractivity contribution in [2.75, 3.05) is 26.3 Å². The molecule has 2 aliphatic heterocycles. The van der Waals surface area contributed by atoms with Crippen LogP contribution in [0, 0.1) is 13.8 Å². The van der Waals surface area contributed by atoms with Crippen LogP contribution in [-0.2, 0) is 4.74 Å². The summed E-state index contributed by atoms with van der Waals surface area (Å²) in [7, 11) is 0. The zero-order valence-corrected chi connectivity index (χ0v) is 20.0. The first-order valence-electron chi connectivity index (χ1n) is 12.5. The Morgan fingerprint density at radius 2 is 1.88 bits per heavy atom. The lowest BCUT2D eigenvalue weighted by Crippen LogP contribution is -2.41. The summed E-state index contributed by atoms with van der Waals surface area (Å²) in [6, 6.07) is 7.03. The Morgan fingerprint density at radius 3 is 2.62 bits per heavy atom. The minimum absolute atomic E-state index is 0.0161. The molecular weight excluding hydrogens is 430 g/mol. The van der Waals surface area contributed by atoms with Crippen molar-refractivity contribution in [3.8, 4) is 11.7 Å². The predicted octanol–water partition coefficient (Wildman–Crippen LogP) is 3.30. The second kappa shape index (κ2) is 8.91. The van der Waals surface area contributed by atoms with Crippen LogP contribution < -0.4 is 4.74 Å². The van der Waals surface area contributed by atoms with Gasteiger partial charge in [0.05, 0.1) is 24.4 Å². The first-order chi connectivity index (χ1) is 16.5. The third-order valence-corrected chi connectivity index (χ3v) is 7.72. The predicted molar refractivity (Wildman–Crippen MR) is 129 cm³/mol. The Hall–Kier alpha value is -2.55. The number of hydrogen-bond acceptors (Lipinski definition) is 7. The average Bonchev–Trinajstić information content (AvgIpc) is 3.47. The SMILES string of the molecule is Cc1nc(OC2CC(O)C2)cc(-n2ncc3cc(C)c(C4CCN(C5CCOC5)CC4)cc32)n1. The van der Waals surface area contributed by atoms with E-state index in [1.165, 1.54) is 30.4 Å². The Kier molecular flexibility index (Phi) is 5.75. The van der Waals surface area contributed by atoms with Crippen LogP contribution in [0.5, 0.6) is 5.88 Å². The maximum atomic E-state index is 9.56. The van der Waals surface area contributed by atoms with Crippen molar-refractivity contribution in [2.24, 2.45) is 0 Å². The van der Waals surface area contributed by atoms with Crippen molar-refractivity contribution < 1.29 is 14.6 Å². The van der Waals surface area contributed by atoms with Gasteiger partial charge in [-0.15, -0.1) is 0 Å². The molecule has 2 saturated heterocycles. The highest BCUT2D eigenvalue weighted by atomic mass is 16.5. The number of piperidine rings is 1. The summed E-state index contributed by atoms with van der Waals surface area (Å²) >= 11 is 0. The van der Waals surface area contributed by atoms with Crippen LogP contribution in [0.1, 0.15) is 55.0 Å². The van der Waals surface area contributed by atoms with E-state index < -0.39 is 0 Å². The molecule has 1 N–H and O–H groups in total. The van der Waals surface area contributed by atoms with Crippen LogP contribution >= 0.6 is 0 Å². The number of aryl methyl sites for hydroxylation is 2. The third-order valence-electron chi connectivity index (χ3n) is 7.72. The van der Waals surface area contributed by atoms with Crippen LogP contribution in [0.2, 0.25) is 0 Å². The number of likely N-dealkylation sites (tertiary alicyclic amines) is 1. The molecule has 0 bridgehead atoms. The topological polar surface area (TPSA) is 85.5 Å². The summed E-state index contributed by atoms with van der Waals surface area (Å²) in [4.78, 5) is 11.7. The largest absolute Gasteiger partial charge is 0.474 e. The highest BCUT2D eigenvalue weighted by Gasteiger charge is 2.30. The van der Waals surface area contributed by atoms with E-state index in [0.717, 1.165) is 37.2 Å². The molecule has 34 heavy (non-hydrogen) atoms.